The molecule has 3 atom stereocenters. The van der Waals surface area contributed by atoms with Crippen LogP contribution in [0.15, 0.2) is 24.3 Å². The van der Waals surface area contributed by atoms with E-state index in [1.165, 1.54) is 5.56 Å². The molecule has 0 spiro atoms. The van der Waals surface area contributed by atoms with Gasteiger partial charge in [-0.15, -0.1) is 0 Å². The fraction of sp³-hybridized carbons (Fsp3) is 0.462. The number of hydrogen-bond acceptors (Lipinski definition) is 1. The lowest BCUT2D eigenvalue weighted by molar-refractivity contribution is -0.120. The fourth-order valence-electron chi connectivity index (χ4n) is 2.21. The summed E-state index contributed by atoms with van der Waals surface area (Å²) >= 11 is 0. The topological polar surface area (TPSA) is 29.1 Å². The van der Waals surface area contributed by atoms with E-state index in [1.54, 1.807) is 0 Å². The number of fused-ring (bicyclic) bond motifs is 1. The molecule has 1 aromatic rings. The first-order valence-corrected chi connectivity index (χ1v) is 5.51. The molecule has 1 aliphatic heterocycles. The van der Waals surface area contributed by atoms with Crippen molar-refractivity contribution >= 4 is 11.6 Å². The van der Waals surface area contributed by atoms with Gasteiger partial charge in [0.25, 0.3) is 0 Å². The van der Waals surface area contributed by atoms with Gasteiger partial charge in [-0.05, 0) is 23.5 Å². The highest BCUT2D eigenvalue weighted by molar-refractivity contribution is 5.94. The average molecular weight is 203 g/mol. The Hall–Kier alpha value is -1.31. The van der Waals surface area contributed by atoms with Gasteiger partial charge in [0.15, 0.2) is 0 Å². The van der Waals surface area contributed by atoms with Gasteiger partial charge in [-0.2, -0.15) is 0 Å². The van der Waals surface area contributed by atoms with Crippen molar-refractivity contribution in [3.05, 3.63) is 29.8 Å². The number of amides is 1. The molecule has 0 saturated heterocycles. The summed E-state index contributed by atoms with van der Waals surface area (Å²) in [7, 11) is 0. The van der Waals surface area contributed by atoms with Crippen molar-refractivity contribution in [2.24, 2.45) is 11.8 Å². The average Bonchev–Trinajstić information content (AvgIpc) is 2.32. The standard InChI is InChI=1S/C13H17NO/c1-8-9(2)11-6-4-5-7-12(11)14-13(15)10(8)3/h4-10H,1-3H3,(H,14,15). The second-order valence-electron chi connectivity index (χ2n) is 4.51. The molecule has 0 saturated carbocycles. The Kier molecular flexibility index (Phi) is 2.51. The van der Waals surface area contributed by atoms with E-state index in [4.69, 9.17) is 0 Å². The maximum absolute atomic E-state index is 11.8. The van der Waals surface area contributed by atoms with Crippen molar-refractivity contribution in [2.75, 3.05) is 5.32 Å². The second kappa shape index (κ2) is 3.69. The summed E-state index contributed by atoms with van der Waals surface area (Å²) in [5.41, 5.74) is 2.23. The summed E-state index contributed by atoms with van der Waals surface area (Å²) in [5, 5.41) is 2.99. The number of hydrogen-bond donors (Lipinski definition) is 1. The first-order valence-electron chi connectivity index (χ1n) is 5.51. The lowest BCUT2D eigenvalue weighted by atomic mass is 9.82. The van der Waals surface area contributed by atoms with Crippen LogP contribution in [0.25, 0.3) is 0 Å². The van der Waals surface area contributed by atoms with Gasteiger partial charge in [-0.25, -0.2) is 0 Å². The highest BCUT2D eigenvalue weighted by atomic mass is 16.1. The van der Waals surface area contributed by atoms with Crippen LogP contribution in [0.3, 0.4) is 0 Å². The van der Waals surface area contributed by atoms with Crippen molar-refractivity contribution in [3.8, 4) is 0 Å². The minimum Gasteiger partial charge on any atom is -0.326 e. The summed E-state index contributed by atoms with van der Waals surface area (Å²) in [6, 6.07) is 8.08. The summed E-state index contributed by atoms with van der Waals surface area (Å²) in [5.74, 6) is 1.02. The molecule has 80 valence electrons. The third kappa shape index (κ3) is 1.65. The summed E-state index contributed by atoms with van der Waals surface area (Å²) in [4.78, 5) is 11.8. The quantitative estimate of drug-likeness (QED) is 0.690. The number of carbonyl (C=O) groups is 1. The molecule has 2 heteroatoms. The van der Waals surface area contributed by atoms with Gasteiger partial charge in [0.1, 0.15) is 0 Å². The Morgan fingerprint density at radius 3 is 2.47 bits per heavy atom. The molecule has 1 amide bonds. The highest BCUT2D eigenvalue weighted by Crippen LogP contribution is 2.37. The third-order valence-electron chi connectivity index (χ3n) is 3.70. The molecule has 0 aromatic heterocycles. The molecule has 15 heavy (non-hydrogen) atoms. The van der Waals surface area contributed by atoms with Crippen molar-refractivity contribution in [1.82, 2.24) is 0 Å². The lowest BCUT2D eigenvalue weighted by Crippen LogP contribution is -2.24. The molecule has 0 radical (unpaired) electrons. The van der Waals surface area contributed by atoms with Crippen LogP contribution in [0.4, 0.5) is 5.69 Å². The van der Waals surface area contributed by atoms with Gasteiger partial charge in [-0.1, -0.05) is 39.0 Å². The van der Waals surface area contributed by atoms with E-state index in [0.717, 1.165) is 5.69 Å². The summed E-state index contributed by atoms with van der Waals surface area (Å²) in [6.07, 6.45) is 0. The number of carbonyl (C=O) groups excluding carboxylic acids is 1. The molecular formula is C13H17NO. The zero-order valence-electron chi connectivity index (χ0n) is 9.45. The van der Waals surface area contributed by atoms with Crippen LogP contribution < -0.4 is 5.32 Å². The SMILES string of the molecule is CC1C(=O)Nc2ccccc2C(C)C1C. The maximum atomic E-state index is 11.8. The highest BCUT2D eigenvalue weighted by Gasteiger charge is 2.30. The Bertz CT molecular complexity index is 386. The van der Waals surface area contributed by atoms with Crippen LogP contribution in [-0.2, 0) is 4.79 Å². The molecule has 3 unspecified atom stereocenters. The van der Waals surface area contributed by atoms with Crippen LogP contribution in [0.1, 0.15) is 32.3 Å². The molecule has 0 aliphatic carbocycles. The van der Waals surface area contributed by atoms with E-state index >= 15 is 0 Å². The molecule has 1 heterocycles. The summed E-state index contributed by atoms with van der Waals surface area (Å²) < 4.78 is 0. The maximum Gasteiger partial charge on any atom is 0.227 e. The predicted octanol–water partition coefficient (Wildman–Crippen LogP) is 3.01. The minimum absolute atomic E-state index is 0.0763. The van der Waals surface area contributed by atoms with E-state index in [1.807, 2.05) is 25.1 Å². The molecular weight excluding hydrogens is 186 g/mol. The first kappa shape index (κ1) is 10.2. The Morgan fingerprint density at radius 1 is 1.07 bits per heavy atom. The number of para-hydroxylation sites is 1. The van der Waals surface area contributed by atoms with Gasteiger partial charge >= 0.3 is 0 Å². The normalized spacial score (nSPS) is 30.3. The Balaban J connectivity index is 2.48. The van der Waals surface area contributed by atoms with Crippen molar-refractivity contribution in [1.29, 1.82) is 0 Å². The zero-order chi connectivity index (χ0) is 11.0. The number of nitrogens with one attached hydrogen (secondary N) is 1. The smallest absolute Gasteiger partial charge is 0.227 e. The van der Waals surface area contributed by atoms with Gasteiger partial charge in [-0.3, -0.25) is 4.79 Å². The van der Waals surface area contributed by atoms with Gasteiger partial charge in [0.2, 0.25) is 5.91 Å². The van der Waals surface area contributed by atoms with E-state index in [2.05, 4.69) is 25.2 Å². The fourth-order valence-corrected chi connectivity index (χ4v) is 2.21. The van der Waals surface area contributed by atoms with E-state index in [-0.39, 0.29) is 11.8 Å². The first-order chi connectivity index (χ1) is 7.11. The van der Waals surface area contributed by atoms with Crippen molar-refractivity contribution in [3.63, 3.8) is 0 Å². The number of rotatable bonds is 0. The minimum atomic E-state index is 0.0763. The molecule has 1 aliphatic rings. The molecule has 1 aromatic carbocycles. The van der Waals surface area contributed by atoms with E-state index in [0.29, 0.717) is 11.8 Å². The summed E-state index contributed by atoms with van der Waals surface area (Å²) in [6.45, 7) is 6.35. The molecule has 1 N–H and O–H groups in total. The third-order valence-corrected chi connectivity index (χ3v) is 3.70. The largest absolute Gasteiger partial charge is 0.326 e. The number of benzene rings is 1. The monoisotopic (exact) mass is 203 g/mol. The predicted molar refractivity (Wildman–Crippen MR) is 61.8 cm³/mol. The Morgan fingerprint density at radius 2 is 1.73 bits per heavy atom. The van der Waals surface area contributed by atoms with Crippen LogP contribution in [0.2, 0.25) is 0 Å². The van der Waals surface area contributed by atoms with E-state index < -0.39 is 0 Å². The molecule has 0 bridgehead atoms. The van der Waals surface area contributed by atoms with Crippen LogP contribution in [-0.4, -0.2) is 5.91 Å². The molecule has 2 rings (SSSR count). The van der Waals surface area contributed by atoms with Crippen LogP contribution in [0, 0.1) is 11.8 Å². The van der Waals surface area contributed by atoms with Gasteiger partial charge in [0.05, 0.1) is 0 Å². The van der Waals surface area contributed by atoms with Gasteiger partial charge < -0.3 is 5.32 Å². The van der Waals surface area contributed by atoms with Crippen molar-refractivity contribution in [2.45, 2.75) is 26.7 Å². The molecule has 2 nitrogen and oxygen atoms in total. The molecule has 0 fully saturated rings. The van der Waals surface area contributed by atoms with Gasteiger partial charge in [0, 0.05) is 11.6 Å². The van der Waals surface area contributed by atoms with E-state index in [9.17, 15) is 4.79 Å². The number of anilines is 1. The zero-order valence-corrected chi connectivity index (χ0v) is 9.45. The van der Waals surface area contributed by atoms with Crippen LogP contribution >= 0.6 is 0 Å². The lowest BCUT2D eigenvalue weighted by Gasteiger charge is -2.21. The van der Waals surface area contributed by atoms with Crippen molar-refractivity contribution < 1.29 is 4.79 Å². The van der Waals surface area contributed by atoms with Crippen LogP contribution in [0.5, 0.6) is 0 Å². The Labute approximate surface area is 90.7 Å². The second-order valence-corrected chi connectivity index (χ2v) is 4.51.